The van der Waals surface area contributed by atoms with Gasteiger partial charge in [-0.05, 0) is 49.4 Å². The third-order valence-electron chi connectivity index (χ3n) is 5.78. The van der Waals surface area contributed by atoms with Crippen LogP contribution in [0.2, 0.25) is 0 Å². The van der Waals surface area contributed by atoms with Crippen LogP contribution in [0.5, 0.6) is 5.75 Å². The van der Waals surface area contributed by atoms with Gasteiger partial charge in [-0.25, -0.2) is 0 Å². The third-order valence-corrected chi connectivity index (χ3v) is 5.78. The van der Waals surface area contributed by atoms with Crippen molar-refractivity contribution in [2.75, 3.05) is 31.6 Å². The van der Waals surface area contributed by atoms with Gasteiger partial charge in [-0.15, -0.1) is 0 Å². The molecule has 1 aromatic carbocycles. The number of hydrogen-bond donors (Lipinski definition) is 1. The second kappa shape index (κ2) is 9.29. The van der Waals surface area contributed by atoms with Gasteiger partial charge in [0.05, 0.1) is 13.0 Å². The number of hydrogen-bond acceptors (Lipinski definition) is 4. The zero-order valence-corrected chi connectivity index (χ0v) is 17.5. The molecular formula is C22H31N3O4. The van der Waals surface area contributed by atoms with Gasteiger partial charge in [0.15, 0.2) is 0 Å². The van der Waals surface area contributed by atoms with Crippen LogP contribution in [-0.2, 0) is 14.4 Å². The van der Waals surface area contributed by atoms with Gasteiger partial charge in [-0.2, -0.15) is 0 Å². The Bertz CT molecular complexity index is 741. The summed E-state index contributed by atoms with van der Waals surface area (Å²) < 4.78 is 5.15. The number of rotatable bonds is 6. The molecule has 2 aliphatic rings. The second-order valence-electron chi connectivity index (χ2n) is 8.22. The van der Waals surface area contributed by atoms with Crippen LogP contribution in [0.4, 0.5) is 5.69 Å². The van der Waals surface area contributed by atoms with Crippen molar-refractivity contribution in [1.82, 2.24) is 10.2 Å². The molecule has 29 heavy (non-hydrogen) atoms. The Morgan fingerprint density at radius 2 is 1.76 bits per heavy atom. The van der Waals surface area contributed by atoms with Crippen molar-refractivity contribution in [2.45, 2.75) is 45.6 Å². The zero-order chi connectivity index (χ0) is 21.0. The number of carbonyl (C=O) groups is 3. The molecule has 2 aliphatic heterocycles. The van der Waals surface area contributed by atoms with Gasteiger partial charge in [0.1, 0.15) is 11.8 Å². The Kier molecular flexibility index (Phi) is 6.77. The van der Waals surface area contributed by atoms with Crippen molar-refractivity contribution in [3.8, 4) is 5.75 Å². The van der Waals surface area contributed by atoms with E-state index in [1.807, 2.05) is 30.9 Å². The molecule has 1 N–H and O–H groups in total. The lowest BCUT2D eigenvalue weighted by molar-refractivity contribution is -0.139. The fraction of sp³-hybridized carbons (Fsp3) is 0.591. The van der Waals surface area contributed by atoms with Crippen molar-refractivity contribution >= 4 is 23.4 Å². The number of carbonyl (C=O) groups excluding carboxylic acids is 3. The first-order chi connectivity index (χ1) is 13.9. The molecule has 0 aliphatic carbocycles. The Hall–Kier alpha value is -2.57. The molecule has 2 fully saturated rings. The largest absolute Gasteiger partial charge is 0.497 e. The molecule has 3 amide bonds. The first-order valence-corrected chi connectivity index (χ1v) is 10.4. The van der Waals surface area contributed by atoms with Crippen LogP contribution in [0.25, 0.3) is 0 Å². The lowest BCUT2D eigenvalue weighted by atomic mass is 9.99. The van der Waals surface area contributed by atoms with E-state index in [9.17, 15) is 14.4 Å². The highest BCUT2D eigenvalue weighted by atomic mass is 16.5. The smallest absolute Gasteiger partial charge is 0.245 e. The molecule has 0 unspecified atom stereocenters. The van der Waals surface area contributed by atoms with E-state index < -0.39 is 12.0 Å². The van der Waals surface area contributed by atoms with E-state index in [0.29, 0.717) is 12.3 Å². The molecule has 0 saturated carbocycles. The van der Waals surface area contributed by atoms with Crippen LogP contribution in [0.3, 0.4) is 0 Å². The summed E-state index contributed by atoms with van der Waals surface area (Å²) in [5, 5.41) is 2.94. The molecule has 0 bridgehead atoms. The lowest BCUT2D eigenvalue weighted by Crippen LogP contribution is -2.53. The molecule has 2 saturated heterocycles. The molecule has 1 aromatic rings. The van der Waals surface area contributed by atoms with Crippen LogP contribution >= 0.6 is 0 Å². The minimum Gasteiger partial charge on any atom is -0.497 e. The average Bonchev–Trinajstić information content (AvgIpc) is 3.13. The van der Waals surface area contributed by atoms with Gasteiger partial charge in [-0.3, -0.25) is 14.4 Å². The van der Waals surface area contributed by atoms with Crippen molar-refractivity contribution in [1.29, 1.82) is 0 Å². The van der Waals surface area contributed by atoms with E-state index in [1.54, 1.807) is 24.1 Å². The minimum atomic E-state index is -0.550. The summed E-state index contributed by atoms with van der Waals surface area (Å²) in [7, 11) is 1.59. The van der Waals surface area contributed by atoms with E-state index in [-0.39, 0.29) is 30.1 Å². The van der Waals surface area contributed by atoms with E-state index in [2.05, 4.69) is 5.32 Å². The summed E-state index contributed by atoms with van der Waals surface area (Å²) in [5.41, 5.74) is 0.746. The van der Waals surface area contributed by atoms with Gasteiger partial charge < -0.3 is 19.9 Å². The van der Waals surface area contributed by atoms with Gasteiger partial charge >= 0.3 is 0 Å². The quantitative estimate of drug-likeness (QED) is 0.793. The Labute approximate surface area is 172 Å². The summed E-state index contributed by atoms with van der Waals surface area (Å²) in [6.45, 7) is 5.71. The van der Waals surface area contributed by atoms with Gasteiger partial charge in [-0.1, -0.05) is 13.8 Å². The number of likely N-dealkylation sites (tertiary alicyclic amines) is 1. The van der Waals surface area contributed by atoms with Crippen molar-refractivity contribution < 1.29 is 19.1 Å². The van der Waals surface area contributed by atoms with Crippen LogP contribution < -0.4 is 15.0 Å². The number of nitrogens with zero attached hydrogens (tertiary/aromatic N) is 2. The number of amides is 3. The maximum Gasteiger partial charge on any atom is 0.245 e. The predicted molar refractivity (Wildman–Crippen MR) is 111 cm³/mol. The molecule has 7 heteroatoms. The molecule has 2 atom stereocenters. The number of benzene rings is 1. The molecule has 3 rings (SSSR count). The highest BCUT2D eigenvalue weighted by Gasteiger charge is 2.38. The monoisotopic (exact) mass is 401 g/mol. The van der Waals surface area contributed by atoms with Crippen LogP contribution in [-0.4, -0.2) is 55.4 Å². The van der Waals surface area contributed by atoms with Crippen molar-refractivity contribution in [3.05, 3.63) is 24.3 Å². The maximum atomic E-state index is 12.9. The van der Waals surface area contributed by atoms with Crippen molar-refractivity contribution in [2.24, 2.45) is 11.8 Å². The molecule has 0 radical (unpaired) electrons. The van der Waals surface area contributed by atoms with Crippen LogP contribution in [0.15, 0.2) is 24.3 Å². The van der Waals surface area contributed by atoms with Crippen LogP contribution in [0, 0.1) is 11.8 Å². The minimum absolute atomic E-state index is 0.00983. The molecule has 0 aromatic heterocycles. The predicted octanol–water partition coefficient (Wildman–Crippen LogP) is 2.20. The average molecular weight is 402 g/mol. The lowest BCUT2D eigenvalue weighted by Gasteiger charge is -2.32. The number of piperidine rings is 1. The van der Waals surface area contributed by atoms with E-state index in [0.717, 1.165) is 38.0 Å². The Morgan fingerprint density at radius 1 is 1.10 bits per heavy atom. The van der Waals surface area contributed by atoms with Crippen LogP contribution in [0.1, 0.15) is 39.5 Å². The highest BCUT2D eigenvalue weighted by Crippen LogP contribution is 2.27. The first kappa shape index (κ1) is 21.1. The second-order valence-corrected chi connectivity index (χ2v) is 8.22. The summed E-state index contributed by atoms with van der Waals surface area (Å²) >= 11 is 0. The van der Waals surface area contributed by atoms with E-state index in [4.69, 9.17) is 4.74 Å². The SMILES string of the molecule is COc1ccc(N2C[C@H](C(=O)N[C@H](C(=O)N3CCCCC3)C(C)C)CC2=O)cc1. The number of anilines is 1. The number of ether oxygens (including phenoxy) is 1. The summed E-state index contributed by atoms with van der Waals surface area (Å²) in [6, 6.07) is 6.66. The molecule has 0 spiro atoms. The number of nitrogens with one attached hydrogen (secondary N) is 1. The standard InChI is InChI=1S/C22H31N3O4/c1-15(2)20(22(28)24-11-5-4-6-12-24)23-21(27)16-13-19(26)25(14-16)17-7-9-18(29-3)10-8-17/h7-10,15-16,20H,4-6,11-14H2,1-3H3,(H,23,27)/t16-,20+/m1/s1. The van der Waals surface area contributed by atoms with E-state index in [1.165, 1.54) is 0 Å². The fourth-order valence-electron chi connectivity index (χ4n) is 3.99. The number of methoxy groups -OCH3 is 1. The maximum absolute atomic E-state index is 12.9. The van der Waals surface area contributed by atoms with E-state index >= 15 is 0 Å². The van der Waals surface area contributed by atoms with Gasteiger partial charge in [0.25, 0.3) is 0 Å². The van der Waals surface area contributed by atoms with Gasteiger partial charge in [0.2, 0.25) is 17.7 Å². The highest BCUT2D eigenvalue weighted by molar-refractivity contribution is 6.01. The van der Waals surface area contributed by atoms with Gasteiger partial charge in [0, 0.05) is 31.7 Å². The Balaban J connectivity index is 1.64. The first-order valence-electron chi connectivity index (χ1n) is 10.4. The summed E-state index contributed by atoms with van der Waals surface area (Å²) in [6.07, 6.45) is 3.32. The summed E-state index contributed by atoms with van der Waals surface area (Å²) in [5.74, 6) is -0.0737. The normalized spacial score (nSPS) is 20.7. The third kappa shape index (κ3) is 4.89. The molecule has 7 nitrogen and oxygen atoms in total. The molecular weight excluding hydrogens is 370 g/mol. The fourth-order valence-corrected chi connectivity index (χ4v) is 3.99. The summed E-state index contributed by atoms with van der Waals surface area (Å²) in [4.78, 5) is 41.8. The topological polar surface area (TPSA) is 79.0 Å². The van der Waals surface area contributed by atoms with Crippen molar-refractivity contribution in [3.63, 3.8) is 0 Å². The molecule has 2 heterocycles. The zero-order valence-electron chi connectivity index (χ0n) is 17.5. The molecule has 158 valence electrons. The Morgan fingerprint density at radius 3 is 2.34 bits per heavy atom.